The third kappa shape index (κ3) is 5.10. The minimum atomic E-state index is -4.51. The van der Waals surface area contributed by atoms with Gasteiger partial charge in [-0.25, -0.2) is 0 Å². The average molecular weight is 341 g/mol. The number of pyridine rings is 1. The Morgan fingerprint density at radius 3 is 2.57 bits per heavy atom. The van der Waals surface area contributed by atoms with E-state index in [1.165, 1.54) is 12.2 Å². The molecular formula is C16H12ClF3N2O. The fourth-order valence-electron chi connectivity index (χ4n) is 1.72. The Hall–Kier alpha value is -2.34. The summed E-state index contributed by atoms with van der Waals surface area (Å²) in [6.07, 6.45) is -1.40. The largest absolute Gasteiger partial charge is 0.417 e. The van der Waals surface area contributed by atoms with Gasteiger partial charge in [0.1, 0.15) is 0 Å². The lowest BCUT2D eigenvalue weighted by Gasteiger charge is -2.07. The van der Waals surface area contributed by atoms with Crippen LogP contribution in [0.15, 0.2) is 48.7 Å². The second-order valence-electron chi connectivity index (χ2n) is 4.63. The molecule has 0 aliphatic heterocycles. The third-order valence-corrected chi connectivity index (χ3v) is 3.20. The van der Waals surface area contributed by atoms with Gasteiger partial charge in [-0.05, 0) is 17.7 Å². The Bertz CT molecular complexity index is 715. The van der Waals surface area contributed by atoms with E-state index in [0.29, 0.717) is 12.7 Å². The highest BCUT2D eigenvalue weighted by atomic mass is 35.5. The lowest BCUT2D eigenvalue weighted by molar-refractivity contribution is -0.137. The highest BCUT2D eigenvalue weighted by Crippen LogP contribution is 2.31. The van der Waals surface area contributed by atoms with Crippen molar-refractivity contribution in [1.82, 2.24) is 10.3 Å². The first-order valence-electron chi connectivity index (χ1n) is 6.59. The van der Waals surface area contributed by atoms with Crippen molar-refractivity contribution in [3.63, 3.8) is 0 Å². The third-order valence-electron chi connectivity index (χ3n) is 2.90. The predicted molar refractivity (Wildman–Crippen MR) is 81.6 cm³/mol. The lowest BCUT2D eigenvalue weighted by atomic mass is 10.2. The van der Waals surface area contributed by atoms with Crippen molar-refractivity contribution >= 4 is 23.6 Å². The molecule has 0 spiro atoms. The second kappa shape index (κ2) is 7.28. The zero-order valence-corrected chi connectivity index (χ0v) is 12.5. The fourth-order valence-corrected chi connectivity index (χ4v) is 1.95. The minimum absolute atomic E-state index is 0.0922. The van der Waals surface area contributed by atoms with E-state index in [2.05, 4.69) is 10.3 Å². The number of carbonyl (C=O) groups excluding carboxylic acids is 1. The van der Waals surface area contributed by atoms with E-state index in [-0.39, 0.29) is 10.7 Å². The maximum Gasteiger partial charge on any atom is 0.417 e. The molecule has 0 aliphatic carbocycles. The molecule has 0 aliphatic rings. The molecule has 23 heavy (non-hydrogen) atoms. The average Bonchev–Trinajstić information content (AvgIpc) is 2.51. The van der Waals surface area contributed by atoms with Crippen LogP contribution in [0.2, 0.25) is 5.02 Å². The van der Waals surface area contributed by atoms with Crippen molar-refractivity contribution in [2.24, 2.45) is 0 Å². The van der Waals surface area contributed by atoms with Gasteiger partial charge in [-0.3, -0.25) is 9.78 Å². The van der Waals surface area contributed by atoms with Crippen molar-refractivity contribution in [2.75, 3.05) is 0 Å². The van der Waals surface area contributed by atoms with Crippen LogP contribution in [0.1, 0.15) is 16.8 Å². The van der Waals surface area contributed by atoms with Gasteiger partial charge in [0.25, 0.3) is 0 Å². The molecule has 120 valence electrons. The van der Waals surface area contributed by atoms with Gasteiger partial charge in [0.2, 0.25) is 5.91 Å². The van der Waals surface area contributed by atoms with Gasteiger partial charge < -0.3 is 5.32 Å². The molecule has 0 bridgehead atoms. The van der Waals surface area contributed by atoms with Gasteiger partial charge in [-0.1, -0.05) is 41.9 Å². The number of alkyl halides is 3. The summed E-state index contributed by atoms with van der Waals surface area (Å²) < 4.78 is 37.5. The molecule has 1 N–H and O–H groups in total. The number of halogens is 4. The highest BCUT2D eigenvalue weighted by molar-refractivity contribution is 6.32. The zero-order valence-electron chi connectivity index (χ0n) is 11.8. The minimum Gasteiger partial charge on any atom is -0.348 e. The van der Waals surface area contributed by atoms with Gasteiger partial charge >= 0.3 is 6.18 Å². The summed E-state index contributed by atoms with van der Waals surface area (Å²) in [5.74, 6) is -0.397. The molecule has 1 aromatic heterocycles. The number of amides is 1. The molecule has 2 rings (SSSR count). The summed E-state index contributed by atoms with van der Waals surface area (Å²) in [4.78, 5) is 15.3. The monoisotopic (exact) mass is 340 g/mol. The predicted octanol–water partition coefficient (Wildman–Crippen LogP) is 4.08. The Balaban J connectivity index is 1.98. The Morgan fingerprint density at radius 1 is 1.26 bits per heavy atom. The molecule has 2 aromatic rings. The van der Waals surface area contributed by atoms with Crippen LogP contribution in [-0.2, 0) is 17.5 Å². The van der Waals surface area contributed by atoms with Crippen LogP contribution in [0.5, 0.6) is 0 Å². The number of nitrogens with one attached hydrogen (secondary N) is 1. The van der Waals surface area contributed by atoms with Crippen molar-refractivity contribution in [3.05, 3.63) is 70.5 Å². The quantitative estimate of drug-likeness (QED) is 0.852. The number of nitrogens with zero attached hydrogens (tertiary/aromatic N) is 1. The maximum atomic E-state index is 12.5. The molecular weight excluding hydrogens is 329 g/mol. The van der Waals surface area contributed by atoms with E-state index in [1.807, 2.05) is 30.3 Å². The number of aromatic nitrogens is 1. The van der Waals surface area contributed by atoms with Crippen LogP contribution in [0.4, 0.5) is 13.2 Å². The van der Waals surface area contributed by atoms with Crippen LogP contribution >= 0.6 is 11.6 Å². The molecule has 0 fully saturated rings. The van der Waals surface area contributed by atoms with Gasteiger partial charge in [0, 0.05) is 18.8 Å². The summed E-state index contributed by atoms with van der Waals surface area (Å²) in [5, 5.41) is 2.47. The number of hydrogen-bond donors (Lipinski definition) is 1. The summed E-state index contributed by atoms with van der Waals surface area (Å²) >= 11 is 5.75. The normalized spacial score (nSPS) is 11.7. The van der Waals surface area contributed by atoms with E-state index < -0.39 is 17.6 Å². The lowest BCUT2D eigenvalue weighted by Crippen LogP contribution is -2.20. The van der Waals surface area contributed by atoms with Gasteiger partial charge in [0.05, 0.1) is 16.3 Å². The SMILES string of the molecule is O=C(C=Cc1ncc(C(F)(F)F)cc1Cl)NCc1ccccc1. The molecule has 0 radical (unpaired) electrons. The molecule has 7 heteroatoms. The molecule has 1 heterocycles. The molecule has 3 nitrogen and oxygen atoms in total. The molecule has 1 aromatic carbocycles. The van der Waals surface area contributed by atoms with Crippen molar-refractivity contribution < 1.29 is 18.0 Å². The number of hydrogen-bond acceptors (Lipinski definition) is 2. The summed E-state index contributed by atoms with van der Waals surface area (Å²) in [6.45, 7) is 0.345. The molecule has 0 unspecified atom stereocenters. The van der Waals surface area contributed by atoms with E-state index >= 15 is 0 Å². The number of benzene rings is 1. The first-order chi connectivity index (χ1) is 10.9. The topological polar surface area (TPSA) is 42.0 Å². The van der Waals surface area contributed by atoms with Gasteiger partial charge in [-0.2, -0.15) is 13.2 Å². The van der Waals surface area contributed by atoms with Crippen LogP contribution in [0.3, 0.4) is 0 Å². The van der Waals surface area contributed by atoms with E-state index in [1.54, 1.807) is 0 Å². The maximum absolute atomic E-state index is 12.5. The van der Waals surface area contributed by atoms with Crippen LogP contribution in [0.25, 0.3) is 6.08 Å². The molecule has 0 saturated heterocycles. The second-order valence-corrected chi connectivity index (χ2v) is 5.03. The van der Waals surface area contributed by atoms with Crippen molar-refractivity contribution in [2.45, 2.75) is 12.7 Å². The Morgan fingerprint density at radius 2 is 1.96 bits per heavy atom. The van der Waals surface area contributed by atoms with Crippen LogP contribution in [0, 0.1) is 0 Å². The molecule has 0 saturated carbocycles. The van der Waals surface area contributed by atoms with Crippen molar-refractivity contribution in [3.8, 4) is 0 Å². The van der Waals surface area contributed by atoms with Crippen LogP contribution < -0.4 is 5.32 Å². The van der Waals surface area contributed by atoms with E-state index in [0.717, 1.165) is 11.6 Å². The first-order valence-corrected chi connectivity index (χ1v) is 6.96. The molecule has 0 atom stereocenters. The van der Waals surface area contributed by atoms with Gasteiger partial charge in [-0.15, -0.1) is 0 Å². The summed E-state index contributed by atoms with van der Waals surface area (Å²) in [7, 11) is 0. The highest BCUT2D eigenvalue weighted by Gasteiger charge is 2.31. The Kier molecular flexibility index (Phi) is 5.39. The standard InChI is InChI=1S/C16H12ClF3N2O/c17-13-8-12(16(18,19)20)10-21-14(13)6-7-15(23)22-9-11-4-2-1-3-5-11/h1-8,10H,9H2,(H,22,23). The Labute approximate surface area is 135 Å². The summed E-state index contributed by atoms with van der Waals surface area (Å²) in [5.41, 5.74) is 0.0858. The van der Waals surface area contributed by atoms with E-state index in [9.17, 15) is 18.0 Å². The summed E-state index contributed by atoms with van der Waals surface area (Å²) in [6, 6.07) is 10.1. The smallest absolute Gasteiger partial charge is 0.348 e. The molecule has 1 amide bonds. The number of carbonyl (C=O) groups is 1. The van der Waals surface area contributed by atoms with Crippen LogP contribution in [-0.4, -0.2) is 10.9 Å². The zero-order chi connectivity index (χ0) is 16.9. The first kappa shape index (κ1) is 17.0. The van der Waals surface area contributed by atoms with Gasteiger partial charge in [0.15, 0.2) is 0 Å². The van der Waals surface area contributed by atoms with Crippen molar-refractivity contribution in [1.29, 1.82) is 0 Å². The number of rotatable bonds is 4. The fraction of sp³-hybridized carbons (Fsp3) is 0.125. The van der Waals surface area contributed by atoms with E-state index in [4.69, 9.17) is 11.6 Å².